The molecule has 3 N–H and O–H groups in total. The largest absolute Gasteiger partial charge is 0.497 e. The van der Waals surface area contributed by atoms with E-state index in [-0.39, 0.29) is 30.3 Å². The van der Waals surface area contributed by atoms with Crippen LogP contribution < -0.4 is 26.1 Å². The summed E-state index contributed by atoms with van der Waals surface area (Å²) in [5.74, 6) is 1.42. The molecule has 0 aliphatic heterocycles. The lowest BCUT2D eigenvalue weighted by Crippen LogP contribution is -2.30. The van der Waals surface area contributed by atoms with Gasteiger partial charge in [-0.2, -0.15) is 10.1 Å². The number of aromatic amines is 1. The van der Waals surface area contributed by atoms with Crippen molar-refractivity contribution in [3.63, 3.8) is 0 Å². The fourth-order valence-corrected chi connectivity index (χ4v) is 3.46. The van der Waals surface area contributed by atoms with Crippen molar-refractivity contribution in [1.29, 1.82) is 0 Å². The highest BCUT2D eigenvalue weighted by Gasteiger charge is 2.20. The van der Waals surface area contributed by atoms with Crippen molar-refractivity contribution in [2.24, 2.45) is 12.1 Å². The van der Waals surface area contributed by atoms with Gasteiger partial charge in [0.1, 0.15) is 24.2 Å². The summed E-state index contributed by atoms with van der Waals surface area (Å²) in [6.07, 6.45) is 0.553. The monoisotopic (exact) mass is 498 g/mol. The Balaban J connectivity index is 1.59. The Bertz CT molecular complexity index is 1460. The summed E-state index contributed by atoms with van der Waals surface area (Å²) in [6.45, 7) is -0.106. The first-order valence-electron chi connectivity index (χ1n) is 10.5. The van der Waals surface area contributed by atoms with Crippen LogP contribution in [0.1, 0.15) is 5.56 Å². The Morgan fingerprint density at radius 2 is 1.86 bits per heavy atom. The molecule has 0 amide bonds. The first-order valence-corrected chi connectivity index (χ1v) is 10.9. The average molecular weight is 499 g/mol. The standard InChI is InChI=1S/C23H23ClN6O5/c1-29-20-19(21(32)27-23(29)33)30(12-16(31)13-35-18-9-5-15(24)6-10-18)22(26-20)28-25-11-14-3-7-17(34-2)8-4-14/h3-11,16,31H,12-13H2,1-2H3,(H,26,28)(H,27,32,33)/b25-11-/t16-/m0/s1. The van der Waals surface area contributed by atoms with Gasteiger partial charge in [-0.1, -0.05) is 11.6 Å². The van der Waals surface area contributed by atoms with Crippen molar-refractivity contribution >= 4 is 34.9 Å². The molecule has 35 heavy (non-hydrogen) atoms. The van der Waals surface area contributed by atoms with Crippen LogP contribution in [0.5, 0.6) is 11.5 Å². The molecular formula is C23H23ClN6O5. The van der Waals surface area contributed by atoms with E-state index in [2.05, 4.69) is 20.5 Å². The highest BCUT2D eigenvalue weighted by Crippen LogP contribution is 2.18. The molecule has 2 aromatic heterocycles. The van der Waals surface area contributed by atoms with Gasteiger partial charge in [0.05, 0.1) is 19.9 Å². The van der Waals surface area contributed by atoms with Gasteiger partial charge < -0.3 is 19.1 Å². The number of rotatable bonds is 9. The van der Waals surface area contributed by atoms with Gasteiger partial charge in [0.15, 0.2) is 11.2 Å². The van der Waals surface area contributed by atoms with Crippen LogP contribution in [0, 0.1) is 0 Å². The van der Waals surface area contributed by atoms with Gasteiger partial charge in [0.2, 0.25) is 5.95 Å². The van der Waals surface area contributed by atoms with Crippen LogP contribution in [0.2, 0.25) is 5.02 Å². The fourth-order valence-electron chi connectivity index (χ4n) is 3.34. The number of hydrogen-bond acceptors (Lipinski definition) is 8. The molecule has 0 saturated carbocycles. The molecule has 2 heterocycles. The number of aliphatic hydroxyl groups is 1. The first-order chi connectivity index (χ1) is 16.9. The summed E-state index contributed by atoms with van der Waals surface area (Å²) in [5.41, 5.74) is 2.61. The molecule has 0 aliphatic carbocycles. The van der Waals surface area contributed by atoms with Gasteiger partial charge in [-0.15, -0.1) is 0 Å². The minimum atomic E-state index is -1.01. The molecule has 0 unspecified atom stereocenters. The van der Waals surface area contributed by atoms with Gasteiger partial charge in [-0.05, 0) is 54.1 Å². The quantitative estimate of drug-likeness (QED) is 0.237. The molecule has 0 bridgehead atoms. The highest BCUT2D eigenvalue weighted by molar-refractivity contribution is 6.30. The van der Waals surface area contributed by atoms with E-state index in [1.165, 1.54) is 16.2 Å². The number of H-pyrrole nitrogens is 1. The Hall–Kier alpha value is -4.09. The topological polar surface area (TPSA) is 136 Å². The summed E-state index contributed by atoms with van der Waals surface area (Å²) in [5, 5.41) is 15.4. The SMILES string of the molecule is COc1ccc(/C=N\Nc2nc3c(c(=O)[nH]c(=O)n3C)n2C[C@H](O)COc2ccc(Cl)cc2)cc1. The van der Waals surface area contributed by atoms with Crippen LogP contribution >= 0.6 is 11.6 Å². The van der Waals surface area contributed by atoms with E-state index >= 15 is 0 Å². The van der Waals surface area contributed by atoms with E-state index < -0.39 is 17.4 Å². The van der Waals surface area contributed by atoms with Crippen molar-refractivity contribution in [1.82, 2.24) is 19.1 Å². The zero-order chi connectivity index (χ0) is 24.9. The summed E-state index contributed by atoms with van der Waals surface area (Å²) >= 11 is 5.88. The number of hydrazone groups is 1. The van der Waals surface area contributed by atoms with Crippen LogP contribution in [0.15, 0.2) is 63.2 Å². The first kappa shape index (κ1) is 24.0. The van der Waals surface area contributed by atoms with E-state index in [9.17, 15) is 14.7 Å². The van der Waals surface area contributed by atoms with Crippen molar-refractivity contribution < 1.29 is 14.6 Å². The van der Waals surface area contributed by atoms with Crippen molar-refractivity contribution in [3.8, 4) is 11.5 Å². The molecule has 1 atom stereocenters. The number of anilines is 1. The maximum atomic E-state index is 12.6. The number of fused-ring (bicyclic) bond motifs is 1. The second-order valence-electron chi connectivity index (χ2n) is 7.60. The Labute approximate surface area is 204 Å². The smallest absolute Gasteiger partial charge is 0.329 e. The summed E-state index contributed by atoms with van der Waals surface area (Å²) in [6, 6.07) is 13.9. The number of benzene rings is 2. The normalized spacial score (nSPS) is 12.2. The molecule has 4 rings (SSSR count). The van der Waals surface area contributed by atoms with Crippen LogP contribution in [-0.4, -0.2) is 50.2 Å². The van der Waals surface area contributed by atoms with Gasteiger partial charge in [-0.25, -0.2) is 10.2 Å². The van der Waals surface area contributed by atoms with Crippen LogP contribution in [0.25, 0.3) is 11.2 Å². The third-order valence-corrected chi connectivity index (χ3v) is 5.40. The average Bonchev–Trinajstić information content (AvgIpc) is 3.21. The van der Waals surface area contributed by atoms with E-state index in [4.69, 9.17) is 21.1 Å². The van der Waals surface area contributed by atoms with Crippen molar-refractivity contribution in [2.75, 3.05) is 19.1 Å². The minimum absolute atomic E-state index is 0.0498. The van der Waals surface area contributed by atoms with Crippen molar-refractivity contribution in [3.05, 3.63) is 80.0 Å². The van der Waals surface area contributed by atoms with E-state index in [0.717, 1.165) is 5.56 Å². The number of hydrogen-bond donors (Lipinski definition) is 3. The molecule has 0 saturated heterocycles. The molecule has 0 fully saturated rings. The maximum absolute atomic E-state index is 12.6. The zero-order valence-electron chi connectivity index (χ0n) is 18.9. The van der Waals surface area contributed by atoms with Crippen LogP contribution in [-0.2, 0) is 13.6 Å². The number of halogens is 1. The predicted octanol–water partition coefficient (Wildman–Crippen LogP) is 1.97. The molecule has 0 radical (unpaired) electrons. The second-order valence-corrected chi connectivity index (χ2v) is 8.03. The molecule has 2 aromatic carbocycles. The number of methoxy groups -OCH3 is 1. The number of ether oxygens (including phenoxy) is 2. The zero-order valence-corrected chi connectivity index (χ0v) is 19.7. The summed E-state index contributed by atoms with van der Waals surface area (Å²) in [7, 11) is 3.07. The summed E-state index contributed by atoms with van der Waals surface area (Å²) < 4.78 is 13.4. The van der Waals surface area contributed by atoms with Gasteiger partial charge in [0.25, 0.3) is 5.56 Å². The number of aromatic nitrogens is 4. The van der Waals surface area contributed by atoms with E-state index in [1.54, 1.807) is 49.7 Å². The van der Waals surface area contributed by atoms with Gasteiger partial charge in [-0.3, -0.25) is 14.3 Å². The van der Waals surface area contributed by atoms with Crippen LogP contribution in [0.3, 0.4) is 0 Å². The minimum Gasteiger partial charge on any atom is -0.497 e. The Kier molecular flexibility index (Phi) is 7.18. The lowest BCUT2D eigenvalue weighted by molar-refractivity contribution is 0.0938. The molecule has 0 aliphatic rings. The van der Waals surface area contributed by atoms with Gasteiger partial charge in [0, 0.05) is 12.1 Å². The number of aliphatic hydroxyl groups excluding tert-OH is 1. The molecule has 11 nitrogen and oxygen atoms in total. The Morgan fingerprint density at radius 3 is 2.54 bits per heavy atom. The molecule has 12 heteroatoms. The maximum Gasteiger partial charge on any atom is 0.329 e. The molecular weight excluding hydrogens is 476 g/mol. The van der Waals surface area contributed by atoms with E-state index in [1.807, 2.05) is 12.1 Å². The third-order valence-electron chi connectivity index (χ3n) is 5.15. The van der Waals surface area contributed by atoms with Crippen molar-refractivity contribution in [2.45, 2.75) is 12.6 Å². The van der Waals surface area contributed by atoms with E-state index in [0.29, 0.717) is 16.5 Å². The van der Waals surface area contributed by atoms with Gasteiger partial charge >= 0.3 is 5.69 Å². The molecule has 0 spiro atoms. The number of nitrogens with zero attached hydrogens (tertiary/aromatic N) is 4. The number of aryl methyl sites for hydroxylation is 1. The second kappa shape index (κ2) is 10.5. The lowest BCUT2D eigenvalue weighted by atomic mass is 10.2. The fraction of sp³-hybridized carbons (Fsp3) is 0.217. The van der Waals surface area contributed by atoms with Crippen LogP contribution in [0.4, 0.5) is 5.95 Å². The lowest BCUT2D eigenvalue weighted by Gasteiger charge is -2.15. The Morgan fingerprint density at radius 1 is 1.17 bits per heavy atom. The number of imidazole rings is 1. The molecule has 182 valence electrons. The predicted molar refractivity (Wildman–Crippen MR) is 133 cm³/mol. The summed E-state index contributed by atoms with van der Waals surface area (Å²) in [4.78, 5) is 31.3. The number of nitrogens with one attached hydrogen (secondary N) is 2. The molecule has 4 aromatic rings. The third kappa shape index (κ3) is 5.53. The highest BCUT2D eigenvalue weighted by atomic mass is 35.5.